The summed E-state index contributed by atoms with van der Waals surface area (Å²) >= 11 is 12.4. The van der Waals surface area contributed by atoms with Crippen LogP contribution in [0, 0.1) is 6.92 Å². The Morgan fingerprint density at radius 2 is 1.78 bits per heavy atom. The van der Waals surface area contributed by atoms with Gasteiger partial charge in [0.25, 0.3) is 0 Å². The van der Waals surface area contributed by atoms with Crippen molar-refractivity contribution in [3.63, 3.8) is 0 Å². The van der Waals surface area contributed by atoms with Gasteiger partial charge in [0, 0.05) is 36.4 Å². The SMILES string of the molecule is CN=C(NCCc1c(Cl)cccc1Cl)NCc1ccc(S(C)(=O)=O)c(C)c1. The van der Waals surface area contributed by atoms with Gasteiger partial charge in [0.05, 0.1) is 4.90 Å². The fourth-order valence-corrected chi connectivity index (χ4v) is 4.27. The maximum absolute atomic E-state index is 11.7. The van der Waals surface area contributed by atoms with Crippen molar-refractivity contribution in [2.24, 2.45) is 4.99 Å². The Labute approximate surface area is 170 Å². The summed E-state index contributed by atoms with van der Waals surface area (Å²) in [6, 6.07) is 10.8. The first-order valence-electron chi connectivity index (χ1n) is 8.39. The number of hydrogen-bond donors (Lipinski definition) is 2. The average molecular weight is 428 g/mol. The number of halogens is 2. The summed E-state index contributed by atoms with van der Waals surface area (Å²) < 4.78 is 23.4. The van der Waals surface area contributed by atoms with Crippen LogP contribution in [0.2, 0.25) is 10.0 Å². The van der Waals surface area contributed by atoms with Crippen molar-refractivity contribution in [2.75, 3.05) is 19.8 Å². The van der Waals surface area contributed by atoms with E-state index in [2.05, 4.69) is 15.6 Å². The van der Waals surface area contributed by atoms with Gasteiger partial charge >= 0.3 is 0 Å². The van der Waals surface area contributed by atoms with Gasteiger partial charge in [0.15, 0.2) is 15.8 Å². The van der Waals surface area contributed by atoms with Crippen LogP contribution in [0.1, 0.15) is 16.7 Å². The first kappa shape index (κ1) is 21.5. The number of hydrogen-bond acceptors (Lipinski definition) is 3. The summed E-state index contributed by atoms with van der Waals surface area (Å²) in [6.07, 6.45) is 1.88. The van der Waals surface area contributed by atoms with Crippen LogP contribution in [0.3, 0.4) is 0 Å². The number of rotatable bonds is 6. The van der Waals surface area contributed by atoms with Crippen molar-refractivity contribution < 1.29 is 8.42 Å². The van der Waals surface area contributed by atoms with E-state index in [9.17, 15) is 8.42 Å². The van der Waals surface area contributed by atoms with Gasteiger partial charge in [-0.15, -0.1) is 0 Å². The predicted octanol–water partition coefficient (Wildman–Crippen LogP) is 3.61. The Hall–Kier alpha value is -1.76. The highest BCUT2D eigenvalue weighted by Gasteiger charge is 2.11. The normalized spacial score (nSPS) is 12.1. The molecule has 5 nitrogen and oxygen atoms in total. The average Bonchev–Trinajstić information content (AvgIpc) is 2.59. The van der Waals surface area contributed by atoms with E-state index in [1.807, 2.05) is 24.3 Å². The van der Waals surface area contributed by atoms with Crippen LogP contribution in [0.5, 0.6) is 0 Å². The highest BCUT2D eigenvalue weighted by Crippen LogP contribution is 2.24. The second-order valence-corrected chi connectivity index (χ2v) is 8.97. The molecule has 0 amide bonds. The fourth-order valence-electron chi connectivity index (χ4n) is 2.72. The minimum atomic E-state index is -3.21. The van der Waals surface area contributed by atoms with E-state index >= 15 is 0 Å². The lowest BCUT2D eigenvalue weighted by Crippen LogP contribution is -2.37. The molecule has 0 aliphatic carbocycles. The summed E-state index contributed by atoms with van der Waals surface area (Å²) in [5.41, 5.74) is 2.60. The molecule has 8 heteroatoms. The number of nitrogens with zero attached hydrogens (tertiary/aromatic N) is 1. The first-order chi connectivity index (χ1) is 12.7. The summed E-state index contributed by atoms with van der Waals surface area (Å²) in [6.45, 7) is 2.94. The van der Waals surface area contributed by atoms with Gasteiger partial charge in [-0.3, -0.25) is 4.99 Å². The molecule has 0 aliphatic rings. The first-order valence-corrected chi connectivity index (χ1v) is 11.0. The van der Waals surface area contributed by atoms with Crippen molar-refractivity contribution in [1.29, 1.82) is 0 Å². The van der Waals surface area contributed by atoms with Gasteiger partial charge in [-0.05, 0) is 48.2 Å². The van der Waals surface area contributed by atoms with Crippen LogP contribution in [0.15, 0.2) is 46.3 Å². The summed E-state index contributed by atoms with van der Waals surface area (Å²) in [5, 5.41) is 7.72. The van der Waals surface area contributed by atoms with Crippen LogP contribution in [-0.4, -0.2) is 34.2 Å². The zero-order chi connectivity index (χ0) is 20.0. The van der Waals surface area contributed by atoms with Crippen LogP contribution >= 0.6 is 23.2 Å². The minimum Gasteiger partial charge on any atom is -0.356 e. The van der Waals surface area contributed by atoms with Gasteiger partial charge in [0.2, 0.25) is 0 Å². The predicted molar refractivity (Wildman–Crippen MR) is 113 cm³/mol. The highest BCUT2D eigenvalue weighted by atomic mass is 35.5. The molecule has 0 bridgehead atoms. The molecule has 0 radical (unpaired) electrons. The fraction of sp³-hybridized carbons (Fsp3) is 0.316. The number of nitrogens with one attached hydrogen (secondary N) is 2. The number of guanidine groups is 1. The highest BCUT2D eigenvalue weighted by molar-refractivity contribution is 7.90. The number of sulfone groups is 1. The third kappa shape index (κ3) is 6.13. The Kier molecular flexibility index (Phi) is 7.53. The van der Waals surface area contributed by atoms with Gasteiger partial charge in [-0.25, -0.2) is 8.42 Å². The van der Waals surface area contributed by atoms with Crippen LogP contribution < -0.4 is 10.6 Å². The third-order valence-corrected chi connectivity index (χ3v) is 6.02. The Bertz CT molecular complexity index is 924. The molecule has 2 aromatic rings. The van der Waals surface area contributed by atoms with E-state index in [-0.39, 0.29) is 0 Å². The largest absolute Gasteiger partial charge is 0.356 e. The molecule has 0 atom stereocenters. The molecular weight excluding hydrogens is 405 g/mol. The summed E-state index contributed by atoms with van der Waals surface area (Å²) in [5.74, 6) is 0.642. The van der Waals surface area contributed by atoms with E-state index in [1.54, 1.807) is 26.1 Å². The minimum absolute atomic E-state index is 0.352. The molecule has 0 spiro atoms. The number of aryl methyl sites for hydroxylation is 1. The molecule has 0 heterocycles. The van der Waals surface area contributed by atoms with Crippen molar-refractivity contribution in [3.8, 4) is 0 Å². The molecule has 0 aliphatic heterocycles. The van der Waals surface area contributed by atoms with Crippen LogP contribution in [-0.2, 0) is 22.8 Å². The van der Waals surface area contributed by atoms with Crippen LogP contribution in [0.25, 0.3) is 0 Å². The molecule has 2 N–H and O–H groups in total. The molecule has 2 rings (SSSR count). The Balaban J connectivity index is 1.92. The van der Waals surface area contributed by atoms with Gasteiger partial charge < -0.3 is 10.6 Å². The van der Waals surface area contributed by atoms with E-state index in [4.69, 9.17) is 23.2 Å². The quantitative estimate of drug-likeness (QED) is 0.545. The molecule has 0 unspecified atom stereocenters. The summed E-state index contributed by atoms with van der Waals surface area (Å²) in [7, 11) is -1.52. The Morgan fingerprint density at radius 3 is 2.33 bits per heavy atom. The molecule has 0 saturated carbocycles. The van der Waals surface area contributed by atoms with E-state index in [0.29, 0.717) is 40.4 Å². The van der Waals surface area contributed by atoms with Crippen molar-refractivity contribution in [2.45, 2.75) is 24.8 Å². The lowest BCUT2D eigenvalue weighted by molar-refractivity contribution is 0.601. The summed E-state index contributed by atoms with van der Waals surface area (Å²) in [4.78, 5) is 4.54. The molecular formula is C19H23Cl2N3O2S. The molecule has 2 aromatic carbocycles. The van der Waals surface area contributed by atoms with Gasteiger partial charge in [0.1, 0.15) is 0 Å². The number of benzene rings is 2. The van der Waals surface area contributed by atoms with Crippen LogP contribution in [0.4, 0.5) is 0 Å². The third-order valence-electron chi connectivity index (χ3n) is 4.05. The van der Waals surface area contributed by atoms with Crippen molar-refractivity contribution in [3.05, 3.63) is 63.1 Å². The molecule has 0 saturated heterocycles. The second-order valence-electron chi connectivity index (χ2n) is 6.17. The van der Waals surface area contributed by atoms with Crippen molar-refractivity contribution in [1.82, 2.24) is 10.6 Å². The maximum Gasteiger partial charge on any atom is 0.191 e. The van der Waals surface area contributed by atoms with Gasteiger partial charge in [-0.2, -0.15) is 0 Å². The van der Waals surface area contributed by atoms with E-state index in [0.717, 1.165) is 16.7 Å². The maximum atomic E-state index is 11.7. The zero-order valence-corrected chi connectivity index (χ0v) is 17.8. The standard InChI is InChI=1S/C19H23Cl2N3O2S/c1-13-11-14(7-8-18(13)27(3,25)26)12-24-19(22-2)23-10-9-15-16(20)5-4-6-17(15)21/h4-8,11H,9-10,12H2,1-3H3,(H2,22,23,24). The van der Waals surface area contributed by atoms with Gasteiger partial charge in [-0.1, -0.05) is 41.4 Å². The Morgan fingerprint density at radius 1 is 1.11 bits per heavy atom. The van der Waals surface area contributed by atoms with E-state index in [1.165, 1.54) is 6.26 Å². The monoisotopic (exact) mass is 427 g/mol. The second kappa shape index (κ2) is 9.44. The smallest absolute Gasteiger partial charge is 0.191 e. The lowest BCUT2D eigenvalue weighted by atomic mass is 10.1. The zero-order valence-electron chi connectivity index (χ0n) is 15.5. The number of aliphatic imine (C=N–C) groups is 1. The molecule has 27 heavy (non-hydrogen) atoms. The van der Waals surface area contributed by atoms with Crippen molar-refractivity contribution >= 4 is 39.0 Å². The molecule has 146 valence electrons. The lowest BCUT2D eigenvalue weighted by Gasteiger charge is -2.14. The molecule has 0 fully saturated rings. The van der Waals surface area contributed by atoms with E-state index < -0.39 is 9.84 Å². The molecule has 0 aromatic heterocycles. The topological polar surface area (TPSA) is 70.6 Å².